The maximum absolute atomic E-state index is 6.67. The molecular formula is C42H24O2. The second kappa shape index (κ2) is 8.82. The summed E-state index contributed by atoms with van der Waals surface area (Å²) in [6, 6.07) is 51.8. The van der Waals surface area contributed by atoms with Gasteiger partial charge in [0.25, 0.3) is 0 Å². The highest BCUT2D eigenvalue weighted by Crippen LogP contribution is 2.48. The standard InChI is InChI=1S/C42H24O2/c1-2-11-27-23-37-28(22-26(27)10-1)24-38(43-37)41-32-16-5-3-14-30(32)40(31-15-4-6-17-33(31)41)35-18-9-12-25-20-21-34-29-13-7-8-19-36(29)44-42(34)39(25)35/h1-24H. The second-order valence-corrected chi connectivity index (χ2v) is 11.6. The van der Waals surface area contributed by atoms with Crippen molar-refractivity contribution in [1.29, 1.82) is 0 Å². The van der Waals surface area contributed by atoms with Crippen molar-refractivity contribution in [3.8, 4) is 22.5 Å². The Morgan fingerprint density at radius 1 is 0.341 bits per heavy atom. The third kappa shape index (κ3) is 3.25. The summed E-state index contributed by atoms with van der Waals surface area (Å²) < 4.78 is 13.3. The number of rotatable bonds is 2. The molecule has 0 bridgehead atoms. The largest absolute Gasteiger partial charge is 0.456 e. The van der Waals surface area contributed by atoms with E-state index in [9.17, 15) is 0 Å². The highest BCUT2D eigenvalue weighted by atomic mass is 16.3. The van der Waals surface area contributed by atoms with Crippen LogP contribution >= 0.6 is 0 Å². The molecule has 0 saturated carbocycles. The predicted octanol–water partition coefficient (Wildman–Crippen LogP) is 12.3. The third-order valence-electron chi connectivity index (χ3n) is 9.22. The molecule has 0 atom stereocenters. The van der Waals surface area contributed by atoms with Gasteiger partial charge in [-0.05, 0) is 79.2 Å². The van der Waals surface area contributed by atoms with Crippen LogP contribution in [-0.2, 0) is 0 Å². The molecule has 0 spiro atoms. The van der Waals surface area contributed by atoms with E-state index in [0.717, 1.165) is 55.0 Å². The molecule has 0 radical (unpaired) electrons. The average Bonchev–Trinajstić information content (AvgIpc) is 3.66. The molecule has 8 aromatic carbocycles. The minimum Gasteiger partial charge on any atom is -0.456 e. The highest BCUT2D eigenvalue weighted by Gasteiger charge is 2.21. The van der Waals surface area contributed by atoms with Gasteiger partial charge < -0.3 is 8.83 Å². The Balaban J connectivity index is 1.34. The zero-order chi connectivity index (χ0) is 28.8. The summed E-state index contributed by atoms with van der Waals surface area (Å²) >= 11 is 0. The van der Waals surface area contributed by atoms with E-state index in [4.69, 9.17) is 8.83 Å². The Hall–Kier alpha value is -5.86. The SMILES string of the molecule is c1ccc2cc3oc(-c4c5ccccc5c(-c5cccc6ccc7c8ccccc8oc7c56)c5ccccc45)cc3cc2c1. The lowest BCUT2D eigenvalue weighted by Gasteiger charge is -2.17. The van der Waals surface area contributed by atoms with Gasteiger partial charge in [0.05, 0.1) is 0 Å². The summed E-state index contributed by atoms with van der Waals surface area (Å²) in [5.41, 5.74) is 6.24. The van der Waals surface area contributed by atoms with E-state index < -0.39 is 0 Å². The number of furan rings is 2. The van der Waals surface area contributed by atoms with Gasteiger partial charge in [0.1, 0.15) is 22.5 Å². The first-order valence-corrected chi connectivity index (χ1v) is 15.0. The van der Waals surface area contributed by atoms with Crippen molar-refractivity contribution in [1.82, 2.24) is 0 Å². The van der Waals surface area contributed by atoms with Crippen LogP contribution in [0.25, 0.3) is 98.4 Å². The maximum atomic E-state index is 6.67. The molecule has 2 heterocycles. The molecule has 2 heteroatoms. The molecule has 0 aliphatic rings. The van der Waals surface area contributed by atoms with Crippen molar-refractivity contribution in [2.75, 3.05) is 0 Å². The molecule has 0 saturated heterocycles. The lowest BCUT2D eigenvalue weighted by atomic mass is 9.85. The van der Waals surface area contributed by atoms with Crippen LogP contribution in [0, 0.1) is 0 Å². The van der Waals surface area contributed by atoms with Gasteiger partial charge in [-0.25, -0.2) is 0 Å². The fourth-order valence-corrected chi connectivity index (χ4v) is 7.30. The highest BCUT2D eigenvalue weighted by molar-refractivity contribution is 6.26. The quantitative estimate of drug-likeness (QED) is 0.197. The minimum atomic E-state index is 0.881. The summed E-state index contributed by atoms with van der Waals surface area (Å²) in [7, 11) is 0. The van der Waals surface area contributed by atoms with Gasteiger partial charge in [0.2, 0.25) is 0 Å². The van der Waals surface area contributed by atoms with Gasteiger partial charge in [-0.2, -0.15) is 0 Å². The van der Waals surface area contributed by atoms with Crippen molar-refractivity contribution in [2.24, 2.45) is 0 Å². The van der Waals surface area contributed by atoms with Crippen LogP contribution in [0.5, 0.6) is 0 Å². The molecule has 0 fully saturated rings. The molecule has 204 valence electrons. The van der Waals surface area contributed by atoms with E-state index in [-0.39, 0.29) is 0 Å². The molecule has 0 aliphatic heterocycles. The van der Waals surface area contributed by atoms with Gasteiger partial charge in [-0.3, -0.25) is 0 Å². The van der Waals surface area contributed by atoms with Crippen LogP contribution in [-0.4, -0.2) is 0 Å². The Morgan fingerprint density at radius 2 is 0.955 bits per heavy atom. The van der Waals surface area contributed by atoms with Crippen LogP contribution < -0.4 is 0 Å². The topological polar surface area (TPSA) is 26.3 Å². The molecule has 10 aromatic rings. The van der Waals surface area contributed by atoms with Crippen molar-refractivity contribution < 1.29 is 8.83 Å². The number of benzene rings is 8. The molecule has 0 amide bonds. The number of fused-ring (bicyclic) bond motifs is 9. The molecule has 2 aromatic heterocycles. The number of para-hydroxylation sites is 1. The first kappa shape index (κ1) is 23.7. The summed E-state index contributed by atoms with van der Waals surface area (Å²) in [6.07, 6.45) is 0. The van der Waals surface area contributed by atoms with Crippen molar-refractivity contribution in [3.05, 3.63) is 146 Å². The van der Waals surface area contributed by atoms with Crippen molar-refractivity contribution in [2.45, 2.75) is 0 Å². The van der Waals surface area contributed by atoms with Crippen LogP contribution in [0.15, 0.2) is 154 Å². The van der Waals surface area contributed by atoms with Crippen LogP contribution in [0.3, 0.4) is 0 Å². The molecule has 10 rings (SSSR count). The van der Waals surface area contributed by atoms with Gasteiger partial charge in [-0.15, -0.1) is 0 Å². The average molecular weight is 561 g/mol. The molecule has 0 N–H and O–H groups in total. The van der Waals surface area contributed by atoms with Gasteiger partial charge in [0.15, 0.2) is 0 Å². The Labute approximate surface area is 252 Å². The summed E-state index contributed by atoms with van der Waals surface area (Å²) in [4.78, 5) is 0. The summed E-state index contributed by atoms with van der Waals surface area (Å²) in [6.45, 7) is 0. The number of hydrogen-bond donors (Lipinski definition) is 0. The summed E-state index contributed by atoms with van der Waals surface area (Å²) in [5.74, 6) is 0.881. The fourth-order valence-electron chi connectivity index (χ4n) is 7.30. The van der Waals surface area contributed by atoms with Crippen LogP contribution in [0.1, 0.15) is 0 Å². The Morgan fingerprint density at radius 3 is 1.70 bits per heavy atom. The Bertz CT molecular complexity index is 2670. The number of hydrogen-bond acceptors (Lipinski definition) is 2. The predicted molar refractivity (Wildman–Crippen MR) is 184 cm³/mol. The molecule has 0 unspecified atom stereocenters. The van der Waals surface area contributed by atoms with E-state index in [1.165, 1.54) is 43.4 Å². The molecular weight excluding hydrogens is 536 g/mol. The zero-order valence-electron chi connectivity index (χ0n) is 23.7. The van der Waals surface area contributed by atoms with E-state index >= 15 is 0 Å². The van der Waals surface area contributed by atoms with Crippen molar-refractivity contribution in [3.63, 3.8) is 0 Å². The summed E-state index contributed by atoms with van der Waals surface area (Å²) in [5, 5.41) is 12.8. The second-order valence-electron chi connectivity index (χ2n) is 11.6. The van der Waals surface area contributed by atoms with Crippen LogP contribution in [0.2, 0.25) is 0 Å². The van der Waals surface area contributed by atoms with Gasteiger partial charge >= 0.3 is 0 Å². The zero-order valence-corrected chi connectivity index (χ0v) is 23.7. The van der Waals surface area contributed by atoms with Crippen LogP contribution in [0.4, 0.5) is 0 Å². The van der Waals surface area contributed by atoms with E-state index in [0.29, 0.717) is 0 Å². The maximum Gasteiger partial charge on any atom is 0.143 e. The first-order chi connectivity index (χ1) is 21.8. The monoisotopic (exact) mass is 560 g/mol. The lowest BCUT2D eigenvalue weighted by molar-refractivity contribution is 0.633. The Kier molecular flexibility index (Phi) is 4.75. The molecule has 0 aliphatic carbocycles. The van der Waals surface area contributed by atoms with Crippen molar-refractivity contribution >= 4 is 76.0 Å². The molecule has 44 heavy (non-hydrogen) atoms. The lowest BCUT2D eigenvalue weighted by Crippen LogP contribution is -1.91. The van der Waals surface area contributed by atoms with E-state index in [2.05, 4.69) is 140 Å². The smallest absolute Gasteiger partial charge is 0.143 e. The fraction of sp³-hybridized carbons (Fsp3) is 0. The first-order valence-electron chi connectivity index (χ1n) is 15.0. The normalized spacial score (nSPS) is 12.1. The van der Waals surface area contributed by atoms with Gasteiger partial charge in [-0.1, -0.05) is 115 Å². The van der Waals surface area contributed by atoms with E-state index in [1.807, 2.05) is 6.07 Å². The van der Waals surface area contributed by atoms with E-state index in [1.54, 1.807) is 0 Å². The minimum absolute atomic E-state index is 0.881. The molecule has 2 nitrogen and oxygen atoms in total. The third-order valence-corrected chi connectivity index (χ3v) is 9.22. The van der Waals surface area contributed by atoms with Gasteiger partial charge in [0, 0.05) is 27.1 Å².